The monoisotopic (exact) mass is 373 g/mol. The van der Waals surface area contributed by atoms with Crippen molar-refractivity contribution in [3.8, 4) is 5.75 Å². The zero-order valence-corrected chi connectivity index (χ0v) is 16.3. The quantitative estimate of drug-likeness (QED) is 0.518. The van der Waals surface area contributed by atoms with Gasteiger partial charge in [0.1, 0.15) is 17.9 Å². The number of nitrogens with zero attached hydrogens (tertiary/aromatic N) is 5. The number of guanidine groups is 1. The van der Waals surface area contributed by atoms with Gasteiger partial charge in [0.2, 0.25) is 0 Å². The van der Waals surface area contributed by atoms with Crippen LogP contribution < -0.4 is 15.4 Å². The van der Waals surface area contributed by atoms with Gasteiger partial charge in [-0.25, -0.2) is 4.98 Å². The fourth-order valence-corrected chi connectivity index (χ4v) is 2.46. The number of carbonyl (C=O) groups is 1. The molecule has 9 nitrogen and oxygen atoms in total. The number of aliphatic imine (C=N–C) groups is 1. The molecule has 0 saturated carbocycles. The summed E-state index contributed by atoms with van der Waals surface area (Å²) < 4.78 is 7.26. The fraction of sp³-hybridized carbons (Fsp3) is 0.444. The number of hydrogen-bond donors (Lipinski definition) is 2. The average Bonchev–Trinajstić information content (AvgIpc) is 3.06. The lowest BCUT2D eigenvalue weighted by Gasteiger charge is -2.21. The molecule has 2 aromatic rings. The fourth-order valence-electron chi connectivity index (χ4n) is 2.46. The molecule has 0 aliphatic rings. The third kappa shape index (κ3) is 6.28. The molecule has 0 spiro atoms. The Labute approximate surface area is 159 Å². The number of aryl methyl sites for hydroxylation is 1. The van der Waals surface area contributed by atoms with E-state index in [4.69, 9.17) is 4.74 Å². The Morgan fingerprint density at radius 1 is 1.37 bits per heavy atom. The van der Waals surface area contributed by atoms with Crippen LogP contribution in [0.5, 0.6) is 5.75 Å². The highest BCUT2D eigenvalue weighted by Gasteiger charge is 2.10. The Kier molecular flexibility index (Phi) is 7.60. The predicted molar refractivity (Wildman–Crippen MR) is 103 cm³/mol. The minimum absolute atomic E-state index is 0.00677. The molecule has 2 rings (SSSR count). The van der Waals surface area contributed by atoms with E-state index < -0.39 is 0 Å². The van der Waals surface area contributed by atoms with Crippen LogP contribution in [0.1, 0.15) is 18.3 Å². The van der Waals surface area contributed by atoms with Gasteiger partial charge in [-0.3, -0.25) is 14.5 Å². The Balaban J connectivity index is 1.89. The van der Waals surface area contributed by atoms with Gasteiger partial charge < -0.3 is 20.3 Å². The number of carbonyl (C=O) groups excluding carboxylic acids is 1. The molecule has 1 aromatic heterocycles. The summed E-state index contributed by atoms with van der Waals surface area (Å²) in [7, 11) is 5.54. The molecule has 0 aliphatic carbocycles. The van der Waals surface area contributed by atoms with Crippen molar-refractivity contribution < 1.29 is 9.53 Å². The molecule has 0 atom stereocenters. The first-order chi connectivity index (χ1) is 13.0. The molecule has 27 heavy (non-hydrogen) atoms. The molecule has 1 aromatic carbocycles. The third-order valence-electron chi connectivity index (χ3n) is 3.85. The highest BCUT2D eigenvalue weighted by atomic mass is 16.5. The van der Waals surface area contributed by atoms with E-state index >= 15 is 0 Å². The van der Waals surface area contributed by atoms with Gasteiger partial charge in [-0.2, -0.15) is 5.10 Å². The molecule has 0 aliphatic heterocycles. The molecule has 0 bridgehead atoms. The van der Waals surface area contributed by atoms with Crippen molar-refractivity contribution in [1.82, 2.24) is 30.3 Å². The number of likely N-dealkylation sites (N-methyl/N-ethyl adjacent to an activating group) is 1. The molecule has 0 fully saturated rings. The summed E-state index contributed by atoms with van der Waals surface area (Å²) in [5, 5.41) is 10.1. The lowest BCUT2D eigenvalue weighted by Crippen LogP contribution is -2.38. The summed E-state index contributed by atoms with van der Waals surface area (Å²) in [6, 6.07) is 7.62. The van der Waals surface area contributed by atoms with Crippen LogP contribution in [0.4, 0.5) is 0 Å². The van der Waals surface area contributed by atoms with Crippen molar-refractivity contribution in [2.75, 3.05) is 27.2 Å². The summed E-state index contributed by atoms with van der Waals surface area (Å²) in [6.45, 7) is 3.64. The van der Waals surface area contributed by atoms with Crippen LogP contribution in [-0.4, -0.2) is 58.8 Å². The average molecular weight is 373 g/mol. The second-order valence-corrected chi connectivity index (χ2v) is 5.95. The number of ether oxygens (including phenoxy) is 1. The van der Waals surface area contributed by atoms with E-state index in [1.165, 1.54) is 6.33 Å². The summed E-state index contributed by atoms with van der Waals surface area (Å²) in [6.07, 6.45) is 1.53. The Morgan fingerprint density at radius 3 is 2.85 bits per heavy atom. The number of aromatic nitrogens is 3. The van der Waals surface area contributed by atoms with E-state index in [0.29, 0.717) is 25.4 Å². The Hall–Kier alpha value is -3.10. The molecular formula is C18H27N7O2. The molecule has 2 N–H and O–H groups in total. The predicted octanol–water partition coefficient (Wildman–Crippen LogP) is 0.537. The first-order valence-corrected chi connectivity index (χ1v) is 8.76. The number of amides is 1. The van der Waals surface area contributed by atoms with Gasteiger partial charge in [-0.1, -0.05) is 12.1 Å². The van der Waals surface area contributed by atoms with Crippen molar-refractivity contribution in [3.63, 3.8) is 0 Å². The smallest absolute Gasteiger partial charge is 0.257 e. The summed E-state index contributed by atoms with van der Waals surface area (Å²) in [4.78, 5) is 22.0. The van der Waals surface area contributed by atoms with Crippen LogP contribution in [0.25, 0.3) is 0 Å². The lowest BCUT2D eigenvalue weighted by atomic mass is 10.2. The van der Waals surface area contributed by atoms with Crippen LogP contribution in [0, 0.1) is 0 Å². The van der Waals surface area contributed by atoms with Crippen LogP contribution in [0.3, 0.4) is 0 Å². The van der Waals surface area contributed by atoms with E-state index in [1.54, 1.807) is 11.7 Å². The Bertz CT molecular complexity index is 773. The molecule has 0 radical (unpaired) electrons. The zero-order valence-electron chi connectivity index (χ0n) is 16.3. The van der Waals surface area contributed by atoms with Gasteiger partial charge in [0.25, 0.3) is 5.91 Å². The maximum Gasteiger partial charge on any atom is 0.257 e. The first-order valence-electron chi connectivity index (χ1n) is 8.76. The van der Waals surface area contributed by atoms with Crippen molar-refractivity contribution in [2.24, 2.45) is 12.0 Å². The summed E-state index contributed by atoms with van der Waals surface area (Å²) in [5.41, 5.74) is 1.02. The third-order valence-corrected chi connectivity index (χ3v) is 3.85. The Morgan fingerprint density at radius 2 is 2.19 bits per heavy atom. The largest absolute Gasteiger partial charge is 0.484 e. The normalized spacial score (nSPS) is 11.2. The molecule has 1 heterocycles. The first kappa shape index (κ1) is 20.2. The van der Waals surface area contributed by atoms with Crippen molar-refractivity contribution >= 4 is 11.9 Å². The zero-order chi connectivity index (χ0) is 19.6. The molecule has 1 amide bonds. The van der Waals surface area contributed by atoms with Crippen molar-refractivity contribution in [2.45, 2.75) is 20.0 Å². The summed E-state index contributed by atoms with van der Waals surface area (Å²) >= 11 is 0. The number of nitrogens with one attached hydrogen (secondary N) is 2. The van der Waals surface area contributed by atoms with Gasteiger partial charge in [-0.05, 0) is 24.6 Å². The van der Waals surface area contributed by atoms with Gasteiger partial charge in [-0.15, -0.1) is 0 Å². The van der Waals surface area contributed by atoms with Gasteiger partial charge in [0, 0.05) is 34.2 Å². The van der Waals surface area contributed by atoms with E-state index in [2.05, 4.69) is 25.7 Å². The van der Waals surface area contributed by atoms with Crippen LogP contribution in [-0.2, 0) is 24.9 Å². The second-order valence-electron chi connectivity index (χ2n) is 5.95. The van der Waals surface area contributed by atoms with E-state index in [9.17, 15) is 4.79 Å². The molecule has 0 saturated heterocycles. The van der Waals surface area contributed by atoms with Gasteiger partial charge >= 0.3 is 0 Å². The minimum Gasteiger partial charge on any atom is -0.484 e. The lowest BCUT2D eigenvalue weighted by molar-refractivity contribution is -0.122. The molecule has 0 unspecified atom stereocenters. The number of rotatable bonds is 8. The highest BCUT2D eigenvalue weighted by molar-refractivity contribution is 5.79. The highest BCUT2D eigenvalue weighted by Crippen LogP contribution is 2.13. The maximum absolute atomic E-state index is 11.5. The topological polar surface area (TPSA) is 96.7 Å². The number of benzene rings is 1. The van der Waals surface area contributed by atoms with Crippen LogP contribution in [0.2, 0.25) is 0 Å². The maximum atomic E-state index is 11.5. The van der Waals surface area contributed by atoms with E-state index in [-0.39, 0.29) is 12.5 Å². The molecule has 146 valence electrons. The van der Waals surface area contributed by atoms with E-state index in [0.717, 1.165) is 17.3 Å². The van der Waals surface area contributed by atoms with Gasteiger partial charge in [0.05, 0.1) is 6.54 Å². The van der Waals surface area contributed by atoms with Crippen molar-refractivity contribution in [3.05, 3.63) is 42.0 Å². The molecule has 9 heteroatoms. The number of hydrogen-bond acceptors (Lipinski definition) is 5. The van der Waals surface area contributed by atoms with Crippen LogP contribution >= 0.6 is 0 Å². The molecular weight excluding hydrogens is 346 g/mol. The standard InChI is InChI=1S/C18H27N7O2/c1-5-20-17(26)12-27-15-8-6-7-14(9-15)10-21-18(19-2)24(3)11-16-22-13-23-25(16)4/h6-9,13H,5,10-12H2,1-4H3,(H,19,21)(H,20,26). The van der Waals surface area contributed by atoms with Crippen molar-refractivity contribution in [1.29, 1.82) is 0 Å². The minimum atomic E-state index is -0.133. The summed E-state index contributed by atoms with van der Waals surface area (Å²) in [5.74, 6) is 2.11. The second kappa shape index (κ2) is 10.1. The SMILES string of the molecule is CCNC(=O)COc1cccc(CNC(=NC)N(C)Cc2ncnn2C)c1. The van der Waals surface area contributed by atoms with Crippen LogP contribution in [0.15, 0.2) is 35.6 Å². The van der Waals surface area contributed by atoms with Gasteiger partial charge in [0.15, 0.2) is 12.6 Å². The van der Waals surface area contributed by atoms with E-state index in [1.807, 2.05) is 50.2 Å².